The number of benzene rings is 1. The highest BCUT2D eigenvalue weighted by Gasteiger charge is 2.15. The summed E-state index contributed by atoms with van der Waals surface area (Å²) >= 11 is 5.01. The van der Waals surface area contributed by atoms with E-state index < -0.39 is 0 Å². The van der Waals surface area contributed by atoms with Crippen molar-refractivity contribution < 1.29 is 5.11 Å². The van der Waals surface area contributed by atoms with Gasteiger partial charge in [-0.2, -0.15) is 0 Å². The fourth-order valence-electron chi connectivity index (χ4n) is 2.21. The van der Waals surface area contributed by atoms with Crippen molar-refractivity contribution in [1.29, 1.82) is 0 Å². The first-order chi connectivity index (χ1) is 9.69. The molecule has 0 spiro atoms. The maximum atomic E-state index is 9.59. The number of hydrogen-bond donors (Lipinski definition) is 1. The number of rotatable bonds is 4. The summed E-state index contributed by atoms with van der Waals surface area (Å²) < 4.78 is 3.01. The van der Waals surface area contributed by atoms with Crippen molar-refractivity contribution in [3.05, 3.63) is 51.6 Å². The topological polar surface area (TPSA) is 40.8 Å². The van der Waals surface area contributed by atoms with Gasteiger partial charge in [0.05, 0.1) is 12.3 Å². The van der Waals surface area contributed by atoms with Crippen LogP contribution in [0, 0.1) is 0 Å². The number of aliphatic hydroxyl groups is 1. The van der Waals surface area contributed by atoms with Crippen LogP contribution in [0.5, 0.6) is 0 Å². The Morgan fingerprint density at radius 1 is 1.35 bits per heavy atom. The zero-order valence-corrected chi connectivity index (χ0v) is 13.4. The van der Waals surface area contributed by atoms with E-state index in [1.165, 1.54) is 5.56 Å². The smallest absolute Gasteiger partial charge is 0.195 e. The molecule has 0 unspecified atom stereocenters. The van der Waals surface area contributed by atoms with E-state index in [4.69, 9.17) is 0 Å². The molecule has 3 rings (SSSR count). The Balaban J connectivity index is 1.89. The summed E-state index contributed by atoms with van der Waals surface area (Å²) in [6, 6.07) is 8.22. The minimum absolute atomic E-state index is 0.0160. The van der Waals surface area contributed by atoms with Gasteiger partial charge < -0.3 is 10.0 Å². The summed E-state index contributed by atoms with van der Waals surface area (Å²) in [4.78, 5) is 7.57. The van der Waals surface area contributed by atoms with Gasteiger partial charge in [-0.15, -0.1) is 11.3 Å². The van der Waals surface area contributed by atoms with Crippen LogP contribution in [-0.4, -0.2) is 21.5 Å². The van der Waals surface area contributed by atoms with Gasteiger partial charge in [-0.1, -0.05) is 28.1 Å². The van der Waals surface area contributed by atoms with E-state index in [0.29, 0.717) is 0 Å². The molecule has 20 heavy (non-hydrogen) atoms. The zero-order valence-electron chi connectivity index (χ0n) is 11.0. The van der Waals surface area contributed by atoms with Crippen LogP contribution in [0.15, 0.2) is 40.3 Å². The lowest BCUT2D eigenvalue weighted by Gasteiger charge is -2.18. The van der Waals surface area contributed by atoms with Crippen molar-refractivity contribution in [2.24, 2.45) is 0 Å². The molecule has 6 heteroatoms. The molecule has 3 aromatic rings. The second kappa shape index (κ2) is 5.55. The average Bonchev–Trinajstić information content (AvgIpc) is 3.01. The van der Waals surface area contributed by atoms with Gasteiger partial charge in [-0.3, -0.25) is 4.40 Å². The van der Waals surface area contributed by atoms with Crippen molar-refractivity contribution in [2.75, 3.05) is 11.9 Å². The summed E-state index contributed by atoms with van der Waals surface area (Å²) in [6.45, 7) is 0.739. The van der Waals surface area contributed by atoms with Gasteiger partial charge in [-0.05, 0) is 17.7 Å². The van der Waals surface area contributed by atoms with Crippen LogP contribution in [0.25, 0.3) is 4.96 Å². The summed E-state index contributed by atoms with van der Waals surface area (Å²) in [7, 11) is 1.99. The number of anilines is 1. The molecule has 0 amide bonds. The second-order valence-electron chi connectivity index (χ2n) is 4.58. The molecule has 0 saturated carbocycles. The lowest BCUT2D eigenvalue weighted by atomic mass is 10.2. The largest absolute Gasteiger partial charge is 0.390 e. The third kappa shape index (κ3) is 2.46. The van der Waals surface area contributed by atoms with Crippen LogP contribution < -0.4 is 4.90 Å². The molecule has 0 radical (unpaired) electrons. The van der Waals surface area contributed by atoms with Crippen LogP contribution in [0.3, 0.4) is 0 Å². The summed E-state index contributed by atoms with van der Waals surface area (Å²) in [6.07, 6.45) is 1.94. The van der Waals surface area contributed by atoms with Gasteiger partial charge in [0.2, 0.25) is 0 Å². The first kappa shape index (κ1) is 13.6. The number of hydrogen-bond acceptors (Lipinski definition) is 4. The average molecular weight is 352 g/mol. The standard InChI is InChI=1S/C14H14BrN3OS/c1-17(8-10-2-4-11(15)5-3-10)13-12(9-19)18-6-7-20-14(18)16-13/h2-7,19H,8-9H2,1H3. The molecule has 0 aliphatic heterocycles. The van der Waals surface area contributed by atoms with Crippen LogP contribution in [-0.2, 0) is 13.2 Å². The highest BCUT2D eigenvalue weighted by molar-refractivity contribution is 9.10. The molecule has 0 fully saturated rings. The molecule has 0 saturated heterocycles. The maximum Gasteiger partial charge on any atom is 0.195 e. The van der Waals surface area contributed by atoms with Gasteiger partial charge in [-0.25, -0.2) is 4.98 Å². The molecular formula is C14H14BrN3OS. The first-order valence-electron chi connectivity index (χ1n) is 6.20. The normalized spacial score (nSPS) is 11.2. The van der Waals surface area contributed by atoms with Gasteiger partial charge in [0.15, 0.2) is 10.8 Å². The molecule has 0 atom stereocenters. The predicted molar refractivity (Wildman–Crippen MR) is 85.2 cm³/mol. The van der Waals surface area contributed by atoms with Crippen molar-refractivity contribution in [2.45, 2.75) is 13.2 Å². The Morgan fingerprint density at radius 2 is 2.10 bits per heavy atom. The number of aromatic nitrogens is 2. The summed E-state index contributed by atoms with van der Waals surface area (Å²) in [5, 5.41) is 11.6. The molecule has 2 aromatic heterocycles. The zero-order chi connectivity index (χ0) is 14.1. The van der Waals surface area contributed by atoms with Gasteiger partial charge >= 0.3 is 0 Å². The summed E-state index contributed by atoms with van der Waals surface area (Å²) in [5.74, 6) is 0.835. The molecule has 2 heterocycles. The number of halogens is 1. The van der Waals surface area contributed by atoms with Crippen molar-refractivity contribution in [3.8, 4) is 0 Å². The number of aliphatic hydroxyl groups excluding tert-OH is 1. The maximum absolute atomic E-state index is 9.59. The number of fused-ring (bicyclic) bond motifs is 1. The number of imidazole rings is 1. The Bertz CT molecular complexity index is 720. The highest BCUT2D eigenvalue weighted by atomic mass is 79.9. The molecule has 0 aliphatic carbocycles. The fourth-order valence-corrected chi connectivity index (χ4v) is 3.20. The Hall–Kier alpha value is -1.37. The lowest BCUT2D eigenvalue weighted by molar-refractivity contribution is 0.276. The van der Waals surface area contributed by atoms with Crippen LogP contribution >= 0.6 is 27.3 Å². The van der Waals surface area contributed by atoms with E-state index >= 15 is 0 Å². The summed E-state index contributed by atoms with van der Waals surface area (Å²) in [5.41, 5.74) is 2.04. The van der Waals surface area contributed by atoms with E-state index in [1.807, 2.05) is 35.2 Å². The molecule has 104 valence electrons. The van der Waals surface area contributed by atoms with Gasteiger partial charge in [0, 0.05) is 29.6 Å². The van der Waals surface area contributed by atoms with Crippen molar-refractivity contribution >= 4 is 38.0 Å². The Kier molecular flexibility index (Phi) is 3.78. The van der Waals surface area contributed by atoms with E-state index in [2.05, 4.69) is 37.9 Å². The minimum atomic E-state index is -0.0160. The predicted octanol–water partition coefficient (Wildman–Crippen LogP) is 3.29. The quantitative estimate of drug-likeness (QED) is 0.783. The number of thiazole rings is 1. The monoisotopic (exact) mass is 351 g/mol. The molecule has 4 nitrogen and oxygen atoms in total. The van der Waals surface area contributed by atoms with Gasteiger partial charge in [0.25, 0.3) is 0 Å². The third-order valence-electron chi connectivity index (χ3n) is 3.18. The molecular weight excluding hydrogens is 338 g/mol. The SMILES string of the molecule is CN(Cc1ccc(Br)cc1)c1nc2sccn2c1CO. The second-order valence-corrected chi connectivity index (χ2v) is 6.37. The van der Waals surface area contributed by atoms with Gasteiger partial charge in [0.1, 0.15) is 0 Å². The highest BCUT2D eigenvalue weighted by Crippen LogP contribution is 2.25. The molecule has 1 aromatic carbocycles. The van der Waals surface area contributed by atoms with E-state index in [-0.39, 0.29) is 6.61 Å². The molecule has 0 aliphatic rings. The first-order valence-corrected chi connectivity index (χ1v) is 7.87. The van der Waals surface area contributed by atoms with Crippen LogP contribution in [0.2, 0.25) is 0 Å². The Labute approximate surface area is 129 Å². The lowest BCUT2D eigenvalue weighted by Crippen LogP contribution is -2.18. The van der Waals surface area contributed by atoms with E-state index in [0.717, 1.165) is 27.5 Å². The Morgan fingerprint density at radius 3 is 2.80 bits per heavy atom. The van der Waals surface area contributed by atoms with Crippen LogP contribution in [0.4, 0.5) is 5.82 Å². The fraction of sp³-hybridized carbons (Fsp3) is 0.214. The third-order valence-corrected chi connectivity index (χ3v) is 4.47. The van der Waals surface area contributed by atoms with Crippen molar-refractivity contribution in [1.82, 2.24) is 9.38 Å². The van der Waals surface area contributed by atoms with Crippen LogP contribution in [0.1, 0.15) is 11.3 Å². The number of nitrogens with zero attached hydrogens (tertiary/aromatic N) is 3. The molecule has 0 bridgehead atoms. The molecule has 1 N–H and O–H groups in total. The van der Waals surface area contributed by atoms with Crippen molar-refractivity contribution in [3.63, 3.8) is 0 Å². The minimum Gasteiger partial charge on any atom is -0.390 e. The van der Waals surface area contributed by atoms with E-state index in [9.17, 15) is 5.11 Å². The van der Waals surface area contributed by atoms with E-state index in [1.54, 1.807) is 11.3 Å².